The van der Waals surface area contributed by atoms with Crippen molar-refractivity contribution >= 4 is 23.6 Å². The zero-order valence-electron chi connectivity index (χ0n) is 16.0. The minimum atomic E-state index is 0.586. The number of anilines is 1. The maximum absolute atomic E-state index is 9.19. The maximum atomic E-state index is 9.19. The molecule has 2 aromatic carbocycles. The van der Waals surface area contributed by atoms with E-state index in [0.717, 1.165) is 28.5 Å². The summed E-state index contributed by atoms with van der Waals surface area (Å²) in [5.41, 5.74) is 4.36. The summed E-state index contributed by atoms with van der Waals surface area (Å²) in [4.78, 5) is 4.72. The fourth-order valence-corrected chi connectivity index (χ4v) is 3.10. The number of hydrogen-bond donors (Lipinski definition) is 1. The Morgan fingerprint density at radius 1 is 1.07 bits per heavy atom. The molecule has 0 fully saturated rings. The Bertz CT molecular complexity index is 1190. The zero-order chi connectivity index (χ0) is 20.1. The van der Waals surface area contributed by atoms with Gasteiger partial charge in [-0.2, -0.15) is 5.26 Å². The first-order valence-corrected chi connectivity index (χ1v) is 9.29. The van der Waals surface area contributed by atoms with Crippen LogP contribution in [0.25, 0.3) is 17.8 Å². The molecule has 0 spiro atoms. The van der Waals surface area contributed by atoms with Crippen LogP contribution in [0.2, 0.25) is 0 Å². The zero-order valence-corrected chi connectivity index (χ0v) is 16.0. The number of nitrogens with zero attached hydrogens (tertiary/aromatic N) is 3. The summed E-state index contributed by atoms with van der Waals surface area (Å²) >= 11 is 0. The second-order valence-electron chi connectivity index (χ2n) is 6.55. The van der Waals surface area contributed by atoms with Crippen LogP contribution in [0.4, 0.5) is 5.82 Å². The van der Waals surface area contributed by atoms with Gasteiger partial charge in [-0.3, -0.25) is 4.40 Å². The first kappa shape index (κ1) is 18.3. The van der Waals surface area contributed by atoms with Gasteiger partial charge in [-0.1, -0.05) is 48.5 Å². The van der Waals surface area contributed by atoms with Gasteiger partial charge in [-0.25, -0.2) is 4.98 Å². The van der Waals surface area contributed by atoms with E-state index >= 15 is 0 Å². The van der Waals surface area contributed by atoms with Crippen molar-refractivity contribution in [1.29, 1.82) is 5.26 Å². The quantitative estimate of drug-likeness (QED) is 0.511. The van der Waals surface area contributed by atoms with Gasteiger partial charge in [0, 0.05) is 12.7 Å². The average molecular weight is 380 g/mol. The van der Waals surface area contributed by atoms with E-state index < -0.39 is 0 Å². The van der Waals surface area contributed by atoms with Crippen LogP contribution in [0.1, 0.15) is 22.4 Å². The normalized spacial score (nSPS) is 10.9. The Kier molecular flexibility index (Phi) is 5.26. The topological polar surface area (TPSA) is 62.3 Å². The highest BCUT2D eigenvalue weighted by atomic mass is 16.5. The molecule has 0 aliphatic rings. The molecule has 0 atom stereocenters. The average Bonchev–Trinajstić information content (AvgIpc) is 3.13. The van der Waals surface area contributed by atoms with Gasteiger partial charge in [0.15, 0.2) is 0 Å². The molecule has 4 aromatic rings. The van der Waals surface area contributed by atoms with Crippen molar-refractivity contribution in [3.63, 3.8) is 0 Å². The van der Waals surface area contributed by atoms with E-state index in [9.17, 15) is 5.26 Å². The minimum Gasteiger partial charge on any atom is -0.497 e. The number of aromatic nitrogens is 2. The smallest absolute Gasteiger partial charge is 0.140 e. The van der Waals surface area contributed by atoms with Gasteiger partial charge in [0.05, 0.1) is 18.7 Å². The third-order valence-electron chi connectivity index (χ3n) is 4.63. The fraction of sp³-hybridized carbons (Fsp3) is 0.0833. The van der Waals surface area contributed by atoms with Crippen molar-refractivity contribution in [3.8, 4) is 11.8 Å². The van der Waals surface area contributed by atoms with Crippen LogP contribution in [0.15, 0.2) is 72.9 Å². The van der Waals surface area contributed by atoms with Gasteiger partial charge in [-0.05, 0) is 41.5 Å². The molecular formula is C24H20N4O. The Morgan fingerprint density at radius 3 is 2.59 bits per heavy atom. The fourth-order valence-electron chi connectivity index (χ4n) is 3.10. The minimum absolute atomic E-state index is 0.586. The maximum Gasteiger partial charge on any atom is 0.140 e. The number of hydrogen-bond acceptors (Lipinski definition) is 4. The van der Waals surface area contributed by atoms with Crippen LogP contribution in [-0.4, -0.2) is 16.5 Å². The van der Waals surface area contributed by atoms with Crippen molar-refractivity contribution in [2.24, 2.45) is 0 Å². The summed E-state index contributed by atoms with van der Waals surface area (Å²) < 4.78 is 7.18. The molecule has 2 aromatic heterocycles. The predicted octanol–water partition coefficient (Wildman–Crippen LogP) is 5.00. The van der Waals surface area contributed by atoms with Gasteiger partial charge >= 0.3 is 0 Å². The van der Waals surface area contributed by atoms with Crippen LogP contribution < -0.4 is 10.1 Å². The number of nitrogens with one attached hydrogen (secondary N) is 1. The highest BCUT2D eigenvalue weighted by molar-refractivity contribution is 5.76. The summed E-state index contributed by atoms with van der Waals surface area (Å²) in [5, 5.41) is 12.7. The predicted molar refractivity (Wildman–Crippen MR) is 116 cm³/mol. The number of ether oxygens (including phenoxy) is 1. The summed E-state index contributed by atoms with van der Waals surface area (Å²) in [6.07, 6.45) is 5.87. The van der Waals surface area contributed by atoms with E-state index in [4.69, 9.17) is 9.72 Å². The number of imidazole rings is 1. The molecule has 0 radical (unpaired) electrons. The lowest BCUT2D eigenvalue weighted by atomic mass is 10.2. The Balaban J connectivity index is 1.68. The molecule has 0 saturated carbocycles. The van der Waals surface area contributed by atoms with Crippen molar-refractivity contribution in [3.05, 3.63) is 95.3 Å². The van der Waals surface area contributed by atoms with Crippen LogP contribution in [0.5, 0.6) is 5.75 Å². The molecule has 1 N–H and O–H groups in total. The lowest BCUT2D eigenvalue weighted by Gasteiger charge is -2.08. The largest absolute Gasteiger partial charge is 0.497 e. The molecule has 5 heteroatoms. The Labute approximate surface area is 169 Å². The van der Waals surface area contributed by atoms with Crippen molar-refractivity contribution < 1.29 is 4.74 Å². The molecular weight excluding hydrogens is 360 g/mol. The van der Waals surface area contributed by atoms with Crippen LogP contribution in [0.3, 0.4) is 0 Å². The highest BCUT2D eigenvalue weighted by Gasteiger charge is 2.10. The van der Waals surface area contributed by atoms with Crippen molar-refractivity contribution in [2.75, 3.05) is 12.4 Å². The molecule has 29 heavy (non-hydrogen) atoms. The molecule has 0 bridgehead atoms. The number of fused-ring (bicyclic) bond motifs is 1. The second kappa shape index (κ2) is 8.32. The number of rotatable bonds is 6. The molecule has 5 nitrogen and oxygen atoms in total. The standard InChI is InChI=1S/C24H20N4O/c1-29-21-10-7-18(8-11-21)9-12-22-24(26-17-19-5-3-2-4-6-19)28-14-13-20(16-25)15-23(28)27-22/h2-15,26H,17H2,1H3/b12-9+. The number of pyridine rings is 1. The lowest BCUT2D eigenvalue weighted by molar-refractivity contribution is 0.415. The van der Waals surface area contributed by atoms with Crippen LogP contribution >= 0.6 is 0 Å². The molecule has 0 saturated heterocycles. The van der Waals surface area contributed by atoms with Gasteiger partial charge in [0.2, 0.25) is 0 Å². The second-order valence-corrected chi connectivity index (χ2v) is 6.55. The Morgan fingerprint density at radius 2 is 1.86 bits per heavy atom. The SMILES string of the molecule is COc1ccc(/C=C/c2nc3cc(C#N)ccn3c2NCc2ccccc2)cc1. The number of benzene rings is 2. The number of nitriles is 1. The highest BCUT2D eigenvalue weighted by Crippen LogP contribution is 2.23. The first-order chi connectivity index (χ1) is 14.3. The lowest BCUT2D eigenvalue weighted by Crippen LogP contribution is -2.03. The molecule has 0 aliphatic carbocycles. The molecule has 142 valence electrons. The molecule has 0 amide bonds. The third kappa shape index (κ3) is 4.12. The summed E-state index contributed by atoms with van der Waals surface area (Å²) in [6.45, 7) is 0.679. The van der Waals surface area contributed by atoms with Gasteiger partial charge < -0.3 is 10.1 Å². The van der Waals surface area contributed by atoms with E-state index in [0.29, 0.717) is 12.1 Å². The van der Waals surface area contributed by atoms with Gasteiger partial charge in [0.1, 0.15) is 22.9 Å². The Hall–Kier alpha value is -4.04. The van der Waals surface area contributed by atoms with Crippen LogP contribution in [0, 0.1) is 11.3 Å². The van der Waals surface area contributed by atoms with Gasteiger partial charge in [-0.15, -0.1) is 0 Å². The third-order valence-corrected chi connectivity index (χ3v) is 4.63. The molecule has 2 heterocycles. The van der Waals surface area contributed by atoms with E-state index in [-0.39, 0.29) is 0 Å². The van der Waals surface area contributed by atoms with Crippen LogP contribution in [-0.2, 0) is 6.54 Å². The van der Waals surface area contributed by atoms with Gasteiger partial charge in [0.25, 0.3) is 0 Å². The van der Waals surface area contributed by atoms with E-state index in [1.54, 1.807) is 19.2 Å². The summed E-state index contributed by atoms with van der Waals surface area (Å²) in [6, 6.07) is 23.8. The molecule has 0 unspecified atom stereocenters. The first-order valence-electron chi connectivity index (χ1n) is 9.29. The summed E-state index contributed by atoms with van der Waals surface area (Å²) in [5.74, 6) is 1.71. The molecule has 0 aliphatic heterocycles. The number of methoxy groups -OCH3 is 1. The monoisotopic (exact) mass is 380 g/mol. The van der Waals surface area contributed by atoms with E-state index in [1.165, 1.54) is 5.56 Å². The van der Waals surface area contributed by atoms with Crippen molar-refractivity contribution in [2.45, 2.75) is 6.54 Å². The summed E-state index contributed by atoms with van der Waals surface area (Å²) in [7, 11) is 1.65. The van der Waals surface area contributed by atoms with E-state index in [1.807, 2.05) is 65.2 Å². The van der Waals surface area contributed by atoms with E-state index in [2.05, 4.69) is 23.5 Å². The molecule has 4 rings (SSSR count). The van der Waals surface area contributed by atoms with Crippen molar-refractivity contribution in [1.82, 2.24) is 9.38 Å².